The first-order valence-corrected chi connectivity index (χ1v) is 7.44. The van der Waals surface area contributed by atoms with Crippen molar-refractivity contribution in [2.45, 2.75) is 39.3 Å². The lowest BCUT2D eigenvalue weighted by atomic mass is 10.1. The molecule has 1 aromatic rings. The van der Waals surface area contributed by atoms with Crippen LogP contribution in [0.1, 0.15) is 27.2 Å². The highest BCUT2D eigenvalue weighted by Crippen LogP contribution is 2.33. The molecule has 1 aliphatic rings. The van der Waals surface area contributed by atoms with Gasteiger partial charge in [0.1, 0.15) is 0 Å². The lowest BCUT2D eigenvalue weighted by molar-refractivity contribution is -0.385. The smallest absolute Gasteiger partial charge is 0.311 e. The van der Waals surface area contributed by atoms with E-state index in [0.29, 0.717) is 24.4 Å². The van der Waals surface area contributed by atoms with Crippen molar-refractivity contribution in [2.75, 3.05) is 24.6 Å². The third-order valence-electron chi connectivity index (χ3n) is 3.70. The van der Waals surface area contributed by atoms with Gasteiger partial charge in [-0.2, -0.15) is 0 Å². The predicted octanol–water partition coefficient (Wildman–Crippen LogP) is 2.57. The summed E-state index contributed by atoms with van der Waals surface area (Å²) in [6.45, 7) is 8.54. The van der Waals surface area contributed by atoms with Crippen LogP contribution in [0.25, 0.3) is 0 Å². The van der Waals surface area contributed by atoms with Gasteiger partial charge in [-0.05, 0) is 26.3 Å². The maximum absolute atomic E-state index is 11.1. The number of hydrogen-bond acceptors (Lipinski definition) is 5. The topological polar surface area (TPSA) is 67.6 Å². The van der Waals surface area contributed by atoms with Crippen molar-refractivity contribution in [3.05, 3.63) is 28.3 Å². The van der Waals surface area contributed by atoms with Crippen molar-refractivity contribution in [1.29, 1.82) is 0 Å². The maximum atomic E-state index is 11.1. The van der Waals surface area contributed by atoms with Crippen LogP contribution in [0, 0.1) is 10.1 Å². The number of nitro groups is 1. The van der Waals surface area contributed by atoms with Crippen molar-refractivity contribution in [1.82, 2.24) is 5.32 Å². The molecule has 1 aliphatic heterocycles. The van der Waals surface area contributed by atoms with Gasteiger partial charge in [0, 0.05) is 43.0 Å². The Kier molecular flexibility index (Phi) is 5.01. The minimum absolute atomic E-state index is 0.0306. The van der Waals surface area contributed by atoms with Crippen LogP contribution in [0.2, 0.25) is 0 Å². The molecule has 2 unspecified atom stereocenters. The lowest BCUT2D eigenvalue weighted by Crippen LogP contribution is -2.54. The lowest BCUT2D eigenvalue weighted by Gasteiger charge is -2.39. The molecule has 0 radical (unpaired) electrons. The number of hydrogen-bond donors (Lipinski definition) is 1. The Morgan fingerprint density at radius 3 is 2.90 bits per heavy atom. The highest BCUT2D eigenvalue weighted by Gasteiger charge is 2.25. The molecule has 1 saturated heterocycles. The second-order valence-corrected chi connectivity index (χ2v) is 5.57. The van der Waals surface area contributed by atoms with Gasteiger partial charge in [0.2, 0.25) is 0 Å². The molecule has 0 bridgehead atoms. The Bertz CT molecular complexity index is 507. The monoisotopic (exact) mass is 293 g/mol. The fourth-order valence-electron chi connectivity index (χ4n) is 2.54. The van der Waals surface area contributed by atoms with Gasteiger partial charge in [-0.1, -0.05) is 6.92 Å². The quantitative estimate of drug-likeness (QED) is 0.667. The molecule has 2 rings (SSSR count). The highest BCUT2D eigenvalue weighted by molar-refractivity contribution is 5.60. The zero-order valence-corrected chi connectivity index (χ0v) is 12.8. The summed E-state index contributed by atoms with van der Waals surface area (Å²) >= 11 is 0. The van der Waals surface area contributed by atoms with E-state index in [1.165, 1.54) is 0 Å². The van der Waals surface area contributed by atoms with Crippen molar-refractivity contribution in [3.63, 3.8) is 0 Å². The van der Waals surface area contributed by atoms with E-state index in [9.17, 15) is 10.1 Å². The normalized spacial score (nSPS) is 22.1. The van der Waals surface area contributed by atoms with Crippen LogP contribution in [0.5, 0.6) is 5.75 Å². The number of piperazine rings is 1. The van der Waals surface area contributed by atoms with Gasteiger partial charge in [-0.25, -0.2) is 0 Å². The zero-order chi connectivity index (χ0) is 15.4. The minimum atomic E-state index is -0.390. The summed E-state index contributed by atoms with van der Waals surface area (Å²) in [7, 11) is 0. The van der Waals surface area contributed by atoms with E-state index in [0.717, 1.165) is 25.2 Å². The van der Waals surface area contributed by atoms with Crippen LogP contribution in [0.3, 0.4) is 0 Å². The van der Waals surface area contributed by atoms with Gasteiger partial charge in [0.05, 0.1) is 11.5 Å². The fraction of sp³-hybridized carbons (Fsp3) is 0.600. The Morgan fingerprint density at radius 2 is 2.24 bits per heavy atom. The molecular formula is C15H23N3O3. The number of anilines is 1. The molecule has 1 heterocycles. The van der Waals surface area contributed by atoms with Crippen molar-refractivity contribution < 1.29 is 9.66 Å². The molecule has 0 amide bonds. The van der Waals surface area contributed by atoms with Crippen molar-refractivity contribution in [3.8, 4) is 5.75 Å². The van der Waals surface area contributed by atoms with Crippen molar-refractivity contribution in [2.24, 2.45) is 0 Å². The Balaban J connectivity index is 2.29. The maximum Gasteiger partial charge on any atom is 0.311 e. The summed E-state index contributed by atoms with van der Waals surface area (Å²) in [5.74, 6) is 0.359. The summed E-state index contributed by atoms with van der Waals surface area (Å²) in [5, 5.41) is 14.5. The van der Waals surface area contributed by atoms with Crippen LogP contribution < -0.4 is 15.0 Å². The molecule has 1 aromatic carbocycles. The molecule has 1 fully saturated rings. The van der Waals surface area contributed by atoms with Gasteiger partial charge in [-0.3, -0.25) is 10.1 Å². The summed E-state index contributed by atoms with van der Waals surface area (Å²) < 4.78 is 5.56. The molecule has 0 aliphatic carbocycles. The SMILES string of the molecule is CCCOc1cc(N2CC(C)NCC2C)ccc1[N+](=O)[O-]. The first-order chi connectivity index (χ1) is 10.0. The summed E-state index contributed by atoms with van der Waals surface area (Å²) in [6.07, 6.45) is 0.822. The third kappa shape index (κ3) is 3.64. The molecule has 2 atom stereocenters. The molecular weight excluding hydrogens is 270 g/mol. The standard InChI is InChI=1S/C15H23N3O3/c1-4-7-21-15-8-13(5-6-14(15)18(19)20)17-10-11(2)16-9-12(17)3/h5-6,8,11-12,16H,4,7,9-10H2,1-3H3. The van der Waals surface area contributed by atoms with Gasteiger partial charge in [0.15, 0.2) is 5.75 Å². The number of nitrogens with zero attached hydrogens (tertiary/aromatic N) is 2. The first kappa shape index (κ1) is 15.6. The van der Waals surface area contributed by atoms with E-state index < -0.39 is 4.92 Å². The number of nitrogens with one attached hydrogen (secondary N) is 1. The molecule has 6 heteroatoms. The van der Waals surface area contributed by atoms with Crippen molar-refractivity contribution >= 4 is 11.4 Å². The van der Waals surface area contributed by atoms with E-state index in [2.05, 4.69) is 24.1 Å². The Morgan fingerprint density at radius 1 is 1.48 bits per heavy atom. The van der Waals surface area contributed by atoms with E-state index in [1.807, 2.05) is 13.0 Å². The number of nitro benzene ring substituents is 1. The van der Waals surface area contributed by atoms with Crippen LogP contribution in [0.15, 0.2) is 18.2 Å². The molecule has 0 saturated carbocycles. The van der Waals surface area contributed by atoms with Gasteiger partial charge >= 0.3 is 5.69 Å². The molecule has 6 nitrogen and oxygen atoms in total. The van der Waals surface area contributed by atoms with Gasteiger partial charge in [0.25, 0.3) is 0 Å². The summed E-state index contributed by atoms with van der Waals surface area (Å²) in [6, 6.07) is 5.89. The minimum Gasteiger partial charge on any atom is -0.487 e. The fourth-order valence-corrected chi connectivity index (χ4v) is 2.54. The van der Waals surface area contributed by atoms with Crippen LogP contribution in [0.4, 0.5) is 11.4 Å². The van der Waals surface area contributed by atoms with Crippen LogP contribution in [-0.4, -0.2) is 36.7 Å². The zero-order valence-electron chi connectivity index (χ0n) is 12.8. The third-order valence-corrected chi connectivity index (χ3v) is 3.70. The van der Waals surface area contributed by atoms with Gasteiger partial charge in [-0.15, -0.1) is 0 Å². The molecule has 0 aromatic heterocycles. The molecule has 21 heavy (non-hydrogen) atoms. The largest absolute Gasteiger partial charge is 0.487 e. The number of ether oxygens (including phenoxy) is 1. The first-order valence-electron chi connectivity index (χ1n) is 7.44. The Labute approximate surface area is 125 Å². The number of rotatable bonds is 5. The Hall–Kier alpha value is -1.82. The van der Waals surface area contributed by atoms with E-state index >= 15 is 0 Å². The van der Waals surface area contributed by atoms with Gasteiger partial charge < -0.3 is 15.0 Å². The van der Waals surface area contributed by atoms with E-state index in [-0.39, 0.29) is 5.69 Å². The molecule has 0 spiro atoms. The average Bonchev–Trinajstić information content (AvgIpc) is 2.47. The van der Waals surface area contributed by atoms with Crippen LogP contribution >= 0.6 is 0 Å². The average molecular weight is 293 g/mol. The molecule has 116 valence electrons. The summed E-state index contributed by atoms with van der Waals surface area (Å²) in [4.78, 5) is 13.0. The second-order valence-electron chi connectivity index (χ2n) is 5.57. The summed E-state index contributed by atoms with van der Waals surface area (Å²) in [5.41, 5.74) is 1.01. The predicted molar refractivity (Wildman–Crippen MR) is 83.2 cm³/mol. The highest BCUT2D eigenvalue weighted by atomic mass is 16.6. The second kappa shape index (κ2) is 6.76. The van der Waals surface area contributed by atoms with E-state index in [1.54, 1.807) is 12.1 Å². The van der Waals surface area contributed by atoms with Crippen LogP contribution in [-0.2, 0) is 0 Å². The molecule has 1 N–H and O–H groups in total. The number of benzene rings is 1. The van der Waals surface area contributed by atoms with E-state index in [4.69, 9.17) is 4.74 Å².